The predicted molar refractivity (Wildman–Crippen MR) is 51.2 cm³/mol. The molecule has 1 heterocycles. The van der Waals surface area contributed by atoms with Crippen LogP contribution < -0.4 is 0 Å². The predicted octanol–water partition coefficient (Wildman–Crippen LogP) is 1.48. The molecule has 0 N–H and O–H groups in total. The topological polar surface area (TPSA) is 52.6 Å². The highest BCUT2D eigenvalue weighted by Crippen LogP contribution is 2.24. The normalized spacial score (nSPS) is 20.7. The van der Waals surface area contributed by atoms with Gasteiger partial charge in [-0.15, -0.1) is 0 Å². The third-order valence-electron chi connectivity index (χ3n) is 1.95. The second kappa shape index (κ2) is 3.90. The second-order valence-electron chi connectivity index (χ2n) is 3.03. The van der Waals surface area contributed by atoms with Crippen molar-refractivity contribution in [3.8, 4) is 0 Å². The average Bonchev–Trinajstić information content (AvgIpc) is 2.22. The molecular weight excluding hydrogens is 220 g/mol. The summed E-state index contributed by atoms with van der Waals surface area (Å²) in [6.07, 6.45) is -0.995. The van der Waals surface area contributed by atoms with E-state index in [9.17, 15) is 9.59 Å². The van der Waals surface area contributed by atoms with Gasteiger partial charge in [-0.2, -0.15) is 0 Å². The van der Waals surface area contributed by atoms with Crippen LogP contribution >= 0.6 is 11.6 Å². The molecule has 4 nitrogen and oxygen atoms in total. The van der Waals surface area contributed by atoms with Gasteiger partial charge >= 0.3 is 11.9 Å². The molecule has 1 saturated heterocycles. The molecule has 5 heteroatoms. The van der Waals surface area contributed by atoms with Crippen molar-refractivity contribution >= 4 is 23.5 Å². The zero-order chi connectivity index (χ0) is 10.8. The summed E-state index contributed by atoms with van der Waals surface area (Å²) < 4.78 is 9.51. The zero-order valence-corrected chi connectivity index (χ0v) is 8.36. The molecule has 0 aromatic heterocycles. The molecule has 0 amide bonds. The molecule has 78 valence electrons. The second-order valence-corrected chi connectivity index (χ2v) is 3.47. The minimum absolute atomic E-state index is 0.324. The van der Waals surface area contributed by atoms with Crippen LogP contribution in [0.3, 0.4) is 0 Å². The van der Waals surface area contributed by atoms with Crippen molar-refractivity contribution in [3.63, 3.8) is 0 Å². The lowest BCUT2D eigenvalue weighted by Gasteiger charge is -2.21. The number of carbonyl (C=O) groups excluding carboxylic acids is 2. The van der Waals surface area contributed by atoms with Gasteiger partial charge in [-0.1, -0.05) is 23.7 Å². The van der Waals surface area contributed by atoms with Gasteiger partial charge < -0.3 is 9.47 Å². The van der Waals surface area contributed by atoms with Gasteiger partial charge in [-0.25, -0.2) is 9.59 Å². The first-order valence-corrected chi connectivity index (χ1v) is 4.66. The van der Waals surface area contributed by atoms with Gasteiger partial charge in [-0.05, 0) is 12.1 Å². The molecule has 0 radical (unpaired) electrons. The Bertz CT molecular complexity index is 416. The molecule has 1 atom stereocenters. The molecule has 0 bridgehead atoms. The van der Waals surface area contributed by atoms with E-state index < -0.39 is 18.0 Å². The molecule has 1 fully saturated rings. The summed E-state index contributed by atoms with van der Waals surface area (Å²) in [7, 11) is 0. The first kappa shape index (κ1) is 9.98. The first-order valence-electron chi connectivity index (χ1n) is 4.28. The van der Waals surface area contributed by atoms with E-state index in [1.165, 1.54) is 0 Å². The number of carbonyl (C=O) groups is 2. The van der Waals surface area contributed by atoms with Crippen LogP contribution in [0.25, 0.3) is 0 Å². The van der Waals surface area contributed by atoms with E-state index in [1.54, 1.807) is 24.3 Å². The molecule has 1 unspecified atom stereocenters. The van der Waals surface area contributed by atoms with Gasteiger partial charge in [0.15, 0.2) is 6.61 Å². The van der Waals surface area contributed by atoms with E-state index in [0.717, 1.165) is 0 Å². The third-order valence-corrected chi connectivity index (χ3v) is 2.18. The Morgan fingerprint density at radius 2 is 2.13 bits per heavy atom. The largest absolute Gasteiger partial charge is 0.451 e. The standard InChI is InChI=1S/C10H7ClO4/c11-7-3-1-2-6(4-7)9-10(13)14-5-8(12)15-9/h1-4,9H,5H2. The lowest BCUT2D eigenvalue weighted by molar-refractivity contribution is -0.185. The highest BCUT2D eigenvalue weighted by atomic mass is 35.5. The van der Waals surface area contributed by atoms with Crippen LogP contribution in [0.5, 0.6) is 0 Å². The molecule has 1 aliphatic heterocycles. The smallest absolute Gasteiger partial charge is 0.352 e. The first-order chi connectivity index (χ1) is 7.16. The van der Waals surface area contributed by atoms with E-state index >= 15 is 0 Å². The summed E-state index contributed by atoms with van der Waals surface area (Å²) in [5, 5.41) is 0.474. The highest BCUT2D eigenvalue weighted by Gasteiger charge is 2.31. The van der Waals surface area contributed by atoms with E-state index in [-0.39, 0.29) is 6.61 Å². The lowest BCUT2D eigenvalue weighted by atomic mass is 10.1. The summed E-state index contributed by atoms with van der Waals surface area (Å²) >= 11 is 5.76. The van der Waals surface area contributed by atoms with Crippen molar-refractivity contribution in [2.24, 2.45) is 0 Å². The van der Waals surface area contributed by atoms with Gasteiger partial charge in [0.1, 0.15) is 0 Å². The monoisotopic (exact) mass is 226 g/mol. The van der Waals surface area contributed by atoms with Crippen LogP contribution in [0, 0.1) is 0 Å². The Kier molecular flexibility index (Phi) is 2.60. The van der Waals surface area contributed by atoms with Crippen molar-refractivity contribution in [2.75, 3.05) is 6.61 Å². The van der Waals surface area contributed by atoms with Crippen molar-refractivity contribution in [3.05, 3.63) is 34.9 Å². The summed E-state index contributed by atoms with van der Waals surface area (Å²) in [5.41, 5.74) is 0.514. The quantitative estimate of drug-likeness (QED) is 0.681. The minimum atomic E-state index is -0.995. The number of halogens is 1. The lowest BCUT2D eigenvalue weighted by Crippen LogP contribution is -2.31. The fourth-order valence-corrected chi connectivity index (χ4v) is 1.49. The Hall–Kier alpha value is -1.55. The van der Waals surface area contributed by atoms with Crippen LogP contribution in [0.15, 0.2) is 24.3 Å². The molecule has 0 spiro atoms. The minimum Gasteiger partial charge on any atom is -0.451 e. The van der Waals surface area contributed by atoms with Crippen molar-refractivity contribution in [2.45, 2.75) is 6.10 Å². The van der Waals surface area contributed by atoms with Gasteiger partial charge in [0.05, 0.1) is 0 Å². The molecule has 15 heavy (non-hydrogen) atoms. The maximum Gasteiger partial charge on any atom is 0.352 e. The summed E-state index contributed by atoms with van der Waals surface area (Å²) in [6.45, 7) is -0.324. The van der Waals surface area contributed by atoms with Crippen molar-refractivity contribution in [1.29, 1.82) is 0 Å². The van der Waals surface area contributed by atoms with Crippen LogP contribution in [-0.4, -0.2) is 18.5 Å². The Labute approximate surface area is 90.7 Å². The molecular formula is C10H7ClO4. The molecule has 1 aliphatic rings. The van der Waals surface area contributed by atoms with E-state index in [4.69, 9.17) is 16.3 Å². The fourth-order valence-electron chi connectivity index (χ4n) is 1.29. The van der Waals surface area contributed by atoms with Crippen LogP contribution in [0.1, 0.15) is 11.7 Å². The van der Waals surface area contributed by atoms with Gasteiger partial charge in [0.2, 0.25) is 6.10 Å². The number of rotatable bonds is 1. The molecule has 2 rings (SSSR count). The maximum absolute atomic E-state index is 11.3. The highest BCUT2D eigenvalue weighted by molar-refractivity contribution is 6.30. The van der Waals surface area contributed by atoms with Gasteiger partial charge in [0.25, 0.3) is 0 Å². The maximum atomic E-state index is 11.3. The van der Waals surface area contributed by atoms with Gasteiger partial charge in [0, 0.05) is 10.6 Å². The van der Waals surface area contributed by atoms with E-state index in [2.05, 4.69) is 4.74 Å². The number of hydrogen-bond acceptors (Lipinski definition) is 4. The number of benzene rings is 1. The number of ether oxygens (including phenoxy) is 2. The molecule has 1 aromatic rings. The zero-order valence-electron chi connectivity index (χ0n) is 7.60. The van der Waals surface area contributed by atoms with Crippen LogP contribution in [-0.2, 0) is 19.1 Å². The molecule has 0 aliphatic carbocycles. The Morgan fingerprint density at radius 1 is 1.33 bits per heavy atom. The van der Waals surface area contributed by atoms with Crippen LogP contribution in [0.2, 0.25) is 5.02 Å². The number of hydrogen-bond donors (Lipinski definition) is 0. The molecule has 1 aromatic carbocycles. The van der Waals surface area contributed by atoms with Gasteiger partial charge in [-0.3, -0.25) is 0 Å². The molecule has 0 saturated carbocycles. The Balaban J connectivity index is 2.28. The summed E-state index contributed by atoms with van der Waals surface area (Å²) in [4.78, 5) is 22.3. The number of esters is 2. The van der Waals surface area contributed by atoms with E-state index in [0.29, 0.717) is 10.6 Å². The fraction of sp³-hybridized carbons (Fsp3) is 0.200. The third kappa shape index (κ3) is 2.10. The van der Waals surface area contributed by atoms with E-state index in [1.807, 2.05) is 0 Å². The summed E-state index contributed by atoms with van der Waals surface area (Å²) in [5.74, 6) is -1.13. The summed E-state index contributed by atoms with van der Waals surface area (Å²) in [6, 6.07) is 6.55. The average molecular weight is 227 g/mol. The Morgan fingerprint density at radius 3 is 2.87 bits per heavy atom. The van der Waals surface area contributed by atoms with Crippen molar-refractivity contribution < 1.29 is 19.1 Å². The SMILES string of the molecule is O=C1COC(=O)C(c2cccc(Cl)c2)O1. The van der Waals surface area contributed by atoms with Crippen LogP contribution in [0.4, 0.5) is 0 Å². The number of cyclic esters (lactones) is 2. The van der Waals surface area contributed by atoms with Crippen molar-refractivity contribution in [1.82, 2.24) is 0 Å².